The summed E-state index contributed by atoms with van der Waals surface area (Å²) in [6.45, 7) is 1.86. The molecule has 2 atom stereocenters. The maximum Gasteiger partial charge on any atom is 0.471 e. The van der Waals surface area contributed by atoms with E-state index in [1.54, 1.807) is 0 Å². The van der Waals surface area contributed by atoms with Gasteiger partial charge in [-0.3, -0.25) is 4.52 Å². The van der Waals surface area contributed by atoms with Crippen molar-refractivity contribution in [1.29, 1.82) is 0 Å². The Labute approximate surface area is 70.9 Å². The molecular formula is C6H13O5P. The molecule has 0 amide bonds. The molecule has 0 unspecified atom stereocenters. The largest absolute Gasteiger partial charge is 0.471 e. The van der Waals surface area contributed by atoms with Crippen LogP contribution >= 0.6 is 7.82 Å². The zero-order chi connectivity index (χ0) is 9.19. The van der Waals surface area contributed by atoms with Gasteiger partial charge in [-0.25, -0.2) is 4.57 Å². The van der Waals surface area contributed by atoms with Crippen LogP contribution in [0.2, 0.25) is 0 Å². The number of rotatable bonds is 2. The van der Waals surface area contributed by atoms with Crippen LogP contribution < -0.4 is 0 Å². The highest BCUT2D eigenvalue weighted by atomic mass is 31.2. The molecule has 0 bridgehead atoms. The average Bonchev–Trinajstić information content (AvgIpc) is 1.82. The van der Waals surface area contributed by atoms with E-state index >= 15 is 0 Å². The third-order valence-corrected chi connectivity index (χ3v) is 2.20. The van der Waals surface area contributed by atoms with E-state index in [2.05, 4.69) is 4.52 Å². The summed E-state index contributed by atoms with van der Waals surface area (Å²) in [5, 5.41) is 0. The molecule has 1 fully saturated rings. The van der Waals surface area contributed by atoms with Gasteiger partial charge in [0.1, 0.15) is 0 Å². The highest BCUT2D eigenvalue weighted by Crippen LogP contribution is 2.40. The standard InChI is InChI=1S/C6H13O5P/c1-5-3-2-4-6(10-5)11-12(7,8)9/h5-6H,2-4H2,1H3,(H2,7,8,9)/t5-,6+/m0/s1. The van der Waals surface area contributed by atoms with Crippen molar-refractivity contribution < 1.29 is 23.6 Å². The number of hydrogen-bond donors (Lipinski definition) is 2. The van der Waals surface area contributed by atoms with Crippen LogP contribution in [0, 0.1) is 0 Å². The molecule has 0 aromatic rings. The van der Waals surface area contributed by atoms with Crippen LogP contribution in [-0.2, 0) is 13.8 Å². The summed E-state index contributed by atoms with van der Waals surface area (Å²) in [5.41, 5.74) is 0. The van der Waals surface area contributed by atoms with E-state index in [-0.39, 0.29) is 6.10 Å². The molecule has 0 aromatic heterocycles. The van der Waals surface area contributed by atoms with E-state index in [4.69, 9.17) is 14.5 Å². The zero-order valence-corrected chi connectivity index (χ0v) is 7.74. The lowest BCUT2D eigenvalue weighted by Crippen LogP contribution is -2.26. The first-order valence-electron chi connectivity index (χ1n) is 3.87. The molecule has 0 aromatic carbocycles. The Morgan fingerprint density at radius 1 is 1.50 bits per heavy atom. The predicted octanol–water partition coefficient (Wildman–Crippen LogP) is 1.01. The van der Waals surface area contributed by atoms with Gasteiger partial charge in [-0.1, -0.05) is 0 Å². The SMILES string of the molecule is C[C@H]1CCC[C@@H](OP(=O)(O)O)O1. The maximum absolute atomic E-state index is 10.4. The van der Waals surface area contributed by atoms with E-state index in [1.807, 2.05) is 6.92 Å². The molecule has 12 heavy (non-hydrogen) atoms. The second-order valence-electron chi connectivity index (χ2n) is 2.90. The van der Waals surface area contributed by atoms with Crippen LogP contribution in [0.3, 0.4) is 0 Å². The average molecular weight is 196 g/mol. The molecule has 1 aliphatic heterocycles. The van der Waals surface area contributed by atoms with Crippen molar-refractivity contribution in [2.45, 2.75) is 38.6 Å². The second-order valence-corrected chi connectivity index (χ2v) is 4.10. The van der Waals surface area contributed by atoms with Gasteiger partial charge in [0.25, 0.3) is 0 Å². The van der Waals surface area contributed by atoms with Gasteiger partial charge in [0.2, 0.25) is 0 Å². The summed E-state index contributed by atoms with van der Waals surface area (Å²) in [4.78, 5) is 16.9. The van der Waals surface area contributed by atoms with Crippen LogP contribution in [0.1, 0.15) is 26.2 Å². The van der Waals surface area contributed by atoms with Gasteiger partial charge >= 0.3 is 7.82 Å². The smallest absolute Gasteiger partial charge is 0.349 e. The lowest BCUT2D eigenvalue weighted by atomic mass is 10.1. The maximum atomic E-state index is 10.4. The molecule has 0 radical (unpaired) electrons. The molecule has 6 heteroatoms. The molecule has 1 saturated heterocycles. The quantitative estimate of drug-likeness (QED) is 0.644. The van der Waals surface area contributed by atoms with Crippen LogP contribution in [0.5, 0.6) is 0 Å². The van der Waals surface area contributed by atoms with Crippen molar-refractivity contribution >= 4 is 7.82 Å². The van der Waals surface area contributed by atoms with Crippen LogP contribution in [0.25, 0.3) is 0 Å². The molecule has 1 aliphatic rings. The first-order chi connectivity index (χ1) is 5.47. The first-order valence-corrected chi connectivity index (χ1v) is 5.40. The second kappa shape index (κ2) is 3.85. The molecule has 0 aliphatic carbocycles. The van der Waals surface area contributed by atoms with E-state index in [1.165, 1.54) is 0 Å². The van der Waals surface area contributed by atoms with E-state index in [9.17, 15) is 4.57 Å². The van der Waals surface area contributed by atoms with E-state index < -0.39 is 14.1 Å². The minimum absolute atomic E-state index is 0.0234. The summed E-state index contributed by atoms with van der Waals surface area (Å²) < 4.78 is 19.9. The molecule has 1 rings (SSSR count). The monoisotopic (exact) mass is 196 g/mol. The van der Waals surface area contributed by atoms with Gasteiger partial charge in [-0.2, -0.15) is 0 Å². The third-order valence-electron chi connectivity index (χ3n) is 1.69. The number of hydrogen-bond acceptors (Lipinski definition) is 3. The lowest BCUT2D eigenvalue weighted by Gasteiger charge is -2.27. The number of phosphoric ester groups is 1. The Balaban J connectivity index is 2.37. The fourth-order valence-electron chi connectivity index (χ4n) is 1.20. The van der Waals surface area contributed by atoms with Crippen molar-refractivity contribution in [2.75, 3.05) is 0 Å². The highest BCUT2D eigenvalue weighted by Gasteiger charge is 2.26. The Kier molecular flexibility index (Phi) is 3.26. The summed E-state index contributed by atoms with van der Waals surface area (Å²) in [6.07, 6.45) is 1.63. The summed E-state index contributed by atoms with van der Waals surface area (Å²) in [7, 11) is -4.39. The minimum atomic E-state index is -4.39. The zero-order valence-electron chi connectivity index (χ0n) is 6.84. The van der Waals surface area contributed by atoms with Gasteiger partial charge in [0, 0.05) is 0 Å². The first kappa shape index (κ1) is 10.2. The molecule has 0 spiro atoms. The van der Waals surface area contributed by atoms with E-state index in [0.29, 0.717) is 6.42 Å². The fourth-order valence-corrected chi connectivity index (χ4v) is 1.66. The van der Waals surface area contributed by atoms with Crippen molar-refractivity contribution in [3.05, 3.63) is 0 Å². The lowest BCUT2D eigenvalue weighted by molar-refractivity contribution is -0.149. The topological polar surface area (TPSA) is 76.0 Å². The van der Waals surface area contributed by atoms with Gasteiger partial charge in [0.05, 0.1) is 6.10 Å². The van der Waals surface area contributed by atoms with Crippen molar-refractivity contribution in [3.63, 3.8) is 0 Å². The molecule has 5 nitrogen and oxygen atoms in total. The van der Waals surface area contributed by atoms with Crippen LogP contribution in [0.4, 0.5) is 0 Å². The fraction of sp³-hybridized carbons (Fsp3) is 1.00. The van der Waals surface area contributed by atoms with Crippen molar-refractivity contribution in [1.82, 2.24) is 0 Å². The van der Waals surface area contributed by atoms with Gasteiger partial charge in [0.15, 0.2) is 6.29 Å². The van der Waals surface area contributed by atoms with Crippen molar-refractivity contribution in [2.24, 2.45) is 0 Å². The third kappa shape index (κ3) is 3.65. The minimum Gasteiger partial charge on any atom is -0.349 e. The van der Waals surface area contributed by atoms with Gasteiger partial charge in [-0.05, 0) is 26.2 Å². The molecule has 1 heterocycles. The highest BCUT2D eigenvalue weighted by molar-refractivity contribution is 7.46. The number of ether oxygens (including phenoxy) is 1. The summed E-state index contributed by atoms with van der Waals surface area (Å²) in [6, 6.07) is 0. The van der Waals surface area contributed by atoms with Gasteiger partial charge in [-0.15, -0.1) is 0 Å². The Morgan fingerprint density at radius 2 is 2.17 bits per heavy atom. The predicted molar refractivity (Wildman–Crippen MR) is 41.3 cm³/mol. The Bertz CT molecular complexity index is 188. The summed E-state index contributed by atoms with van der Waals surface area (Å²) >= 11 is 0. The molecular weight excluding hydrogens is 183 g/mol. The van der Waals surface area contributed by atoms with E-state index in [0.717, 1.165) is 12.8 Å². The van der Waals surface area contributed by atoms with Crippen LogP contribution in [0.15, 0.2) is 0 Å². The summed E-state index contributed by atoms with van der Waals surface area (Å²) in [5.74, 6) is 0. The normalized spacial score (nSPS) is 31.9. The van der Waals surface area contributed by atoms with Gasteiger partial charge < -0.3 is 14.5 Å². The Morgan fingerprint density at radius 3 is 2.67 bits per heavy atom. The molecule has 2 N–H and O–H groups in total. The van der Waals surface area contributed by atoms with Crippen molar-refractivity contribution in [3.8, 4) is 0 Å². The number of phosphoric acid groups is 1. The molecule has 0 saturated carbocycles. The van der Waals surface area contributed by atoms with Crippen LogP contribution in [-0.4, -0.2) is 22.2 Å². The molecule has 72 valence electrons. The Hall–Kier alpha value is 0.0700.